The number of amides is 1. The molecule has 0 saturated carbocycles. The second-order valence-electron chi connectivity index (χ2n) is 8.55. The van der Waals surface area contributed by atoms with E-state index in [1.54, 1.807) is 32.0 Å². The molecule has 0 fully saturated rings. The fourth-order valence-electron chi connectivity index (χ4n) is 3.30. The number of hydrogen-bond acceptors (Lipinski definition) is 4. The first-order valence-electron chi connectivity index (χ1n) is 10.1. The normalized spacial score (nSPS) is 12.9. The molecule has 8 heteroatoms. The number of halogens is 1. The number of ether oxygens (including phenoxy) is 1. The van der Waals surface area contributed by atoms with Crippen molar-refractivity contribution in [3.63, 3.8) is 0 Å². The SMILES string of the molecule is Cc1ccc(Cl)cc1N([C@H](C)C(=O)NCCOc1ccccc1C(C)(C)C)S(C)(=O)=O. The van der Waals surface area contributed by atoms with Crippen LogP contribution in [0, 0.1) is 6.92 Å². The van der Waals surface area contributed by atoms with Gasteiger partial charge in [-0.1, -0.05) is 56.6 Å². The molecule has 0 spiro atoms. The molecule has 2 aromatic rings. The third-order valence-corrected chi connectivity index (χ3v) is 6.31. The van der Waals surface area contributed by atoms with Crippen LogP contribution in [0.4, 0.5) is 5.69 Å². The van der Waals surface area contributed by atoms with Gasteiger partial charge >= 0.3 is 0 Å². The summed E-state index contributed by atoms with van der Waals surface area (Å²) in [5.74, 6) is 0.349. The predicted octanol–water partition coefficient (Wildman–Crippen LogP) is 4.30. The first kappa shape index (κ1) is 25.0. The first-order valence-corrected chi connectivity index (χ1v) is 12.3. The number of carbonyl (C=O) groups excluding carboxylic acids is 1. The van der Waals surface area contributed by atoms with Gasteiger partial charge in [-0.3, -0.25) is 9.10 Å². The van der Waals surface area contributed by atoms with Crippen molar-refractivity contribution in [3.05, 3.63) is 58.6 Å². The quantitative estimate of drug-likeness (QED) is 0.588. The number of benzene rings is 2. The Balaban J connectivity index is 2.07. The molecule has 2 rings (SSSR count). The Labute approximate surface area is 190 Å². The van der Waals surface area contributed by atoms with Crippen LogP contribution in [0.5, 0.6) is 5.75 Å². The minimum absolute atomic E-state index is 0.0703. The van der Waals surface area contributed by atoms with Crippen LogP contribution in [0.25, 0.3) is 0 Å². The minimum Gasteiger partial charge on any atom is -0.491 e. The van der Waals surface area contributed by atoms with Gasteiger partial charge < -0.3 is 10.1 Å². The average molecular weight is 467 g/mol. The summed E-state index contributed by atoms with van der Waals surface area (Å²) in [5, 5.41) is 3.16. The van der Waals surface area contributed by atoms with Gasteiger partial charge in [-0.15, -0.1) is 0 Å². The van der Waals surface area contributed by atoms with E-state index in [0.717, 1.165) is 21.9 Å². The van der Waals surface area contributed by atoms with E-state index in [2.05, 4.69) is 26.1 Å². The van der Waals surface area contributed by atoms with E-state index in [0.29, 0.717) is 16.3 Å². The second kappa shape index (κ2) is 9.92. The lowest BCUT2D eigenvalue weighted by Crippen LogP contribution is -2.48. The summed E-state index contributed by atoms with van der Waals surface area (Å²) in [5.41, 5.74) is 2.10. The van der Waals surface area contributed by atoms with Gasteiger partial charge in [-0.05, 0) is 48.6 Å². The van der Waals surface area contributed by atoms with Crippen LogP contribution >= 0.6 is 11.6 Å². The van der Waals surface area contributed by atoms with Crippen molar-refractivity contribution in [1.29, 1.82) is 0 Å². The highest BCUT2D eigenvalue weighted by atomic mass is 35.5. The van der Waals surface area contributed by atoms with Gasteiger partial charge in [0.2, 0.25) is 15.9 Å². The zero-order valence-corrected chi connectivity index (χ0v) is 20.5. The number of rotatable bonds is 8. The highest BCUT2D eigenvalue weighted by Crippen LogP contribution is 2.31. The molecule has 0 radical (unpaired) electrons. The van der Waals surface area contributed by atoms with Gasteiger partial charge in [0, 0.05) is 5.02 Å². The lowest BCUT2D eigenvalue weighted by Gasteiger charge is -2.29. The summed E-state index contributed by atoms with van der Waals surface area (Å²) >= 11 is 6.06. The van der Waals surface area contributed by atoms with Crippen LogP contribution < -0.4 is 14.4 Å². The minimum atomic E-state index is -3.71. The lowest BCUT2D eigenvalue weighted by molar-refractivity contribution is -0.121. The Morgan fingerprint density at radius 3 is 2.45 bits per heavy atom. The monoisotopic (exact) mass is 466 g/mol. The number of nitrogens with zero attached hydrogens (tertiary/aromatic N) is 1. The van der Waals surface area contributed by atoms with Crippen molar-refractivity contribution in [3.8, 4) is 5.75 Å². The van der Waals surface area contributed by atoms with E-state index in [4.69, 9.17) is 16.3 Å². The highest BCUT2D eigenvalue weighted by Gasteiger charge is 2.30. The van der Waals surface area contributed by atoms with Gasteiger partial charge in [0.25, 0.3) is 0 Å². The van der Waals surface area contributed by atoms with Crippen LogP contribution in [0.3, 0.4) is 0 Å². The highest BCUT2D eigenvalue weighted by molar-refractivity contribution is 7.92. The van der Waals surface area contributed by atoms with Crippen molar-refractivity contribution in [2.75, 3.05) is 23.7 Å². The number of anilines is 1. The van der Waals surface area contributed by atoms with Crippen LogP contribution in [-0.2, 0) is 20.2 Å². The fraction of sp³-hybridized carbons (Fsp3) is 0.435. The topological polar surface area (TPSA) is 75.7 Å². The molecule has 1 atom stereocenters. The van der Waals surface area contributed by atoms with Crippen LogP contribution in [0.15, 0.2) is 42.5 Å². The molecule has 0 aliphatic rings. The van der Waals surface area contributed by atoms with Crippen molar-refractivity contribution in [2.45, 2.75) is 46.1 Å². The lowest BCUT2D eigenvalue weighted by atomic mass is 9.86. The van der Waals surface area contributed by atoms with Crippen molar-refractivity contribution in [1.82, 2.24) is 5.32 Å². The number of aryl methyl sites for hydroxylation is 1. The van der Waals surface area contributed by atoms with Gasteiger partial charge in [-0.25, -0.2) is 8.42 Å². The molecule has 0 bridgehead atoms. The van der Waals surface area contributed by atoms with Gasteiger partial charge in [0.15, 0.2) is 0 Å². The Bertz CT molecular complexity index is 1030. The maximum Gasteiger partial charge on any atom is 0.243 e. The fourth-order valence-corrected chi connectivity index (χ4v) is 4.69. The van der Waals surface area contributed by atoms with Gasteiger partial charge in [0.05, 0.1) is 18.5 Å². The zero-order chi connectivity index (χ0) is 23.4. The molecule has 0 heterocycles. The van der Waals surface area contributed by atoms with E-state index in [-0.39, 0.29) is 18.6 Å². The standard InChI is InChI=1S/C23H31ClN2O4S/c1-16-11-12-18(24)15-20(16)26(31(6,28)29)17(2)22(27)25-13-14-30-21-10-8-7-9-19(21)23(3,4)5/h7-12,15,17H,13-14H2,1-6H3,(H,25,27)/t17-/m1/s1. The number of sulfonamides is 1. The largest absolute Gasteiger partial charge is 0.491 e. The van der Waals surface area contributed by atoms with Crippen molar-refractivity contribution in [2.24, 2.45) is 0 Å². The van der Waals surface area contributed by atoms with Crippen LogP contribution in [0.1, 0.15) is 38.8 Å². The van der Waals surface area contributed by atoms with E-state index < -0.39 is 22.0 Å². The molecule has 1 amide bonds. The summed E-state index contributed by atoms with van der Waals surface area (Å²) in [4.78, 5) is 12.7. The molecule has 2 aromatic carbocycles. The van der Waals surface area contributed by atoms with Crippen LogP contribution in [0.2, 0.25) is 5.02 Å². The number of carbonyl (C=O) groups is 1. The zero-order valence-electron chi connectivity index (χ0n) is 18.9. The number of para-hydroxylation sites is 1. The van der Waals surface area contributed by atoms with Crippen molar-refractivity contribution < 1.29 is 17.9 Å². The smallest absolute Gasteiger partial charge is 0.243 e. The number of hydrogen-bond donors (Lipinski definition) is 1. The molecule has 31 heavy (non-hydrogen) atoms. The Morgan fingerprint density at radius 2 is 1.84 bits per heavy atom. The summed E-state index contributed by atoms with van der Waals surface area (Å²) in [6, 6.07) is 11.8. The Hall–Kier alpha value is -2.25. The average Bonchev–Trinajstić information content (AvgIpc) is 2.66. The predicted molar refractivity (Wildman–Crippen MR) is 127 cm³/mol. The Kier molecular flexibility index (Phi) is 8.00. The molecule has 6 nitrogen and oxygen atoms in total. The molecule has 0 aliphatic carbocycles. The third-order valence-electron chi connectivity index (χ3n) is 4.85. The molecular weight excluding hydrogens is 436 g/mol. The van der Waals surface area contributed by atoms with E-state index in [1.165, 1.54) is 0 Å². The van der Waals surface area contributed by atoms with E-state index >= 15 is 0 Å². The molecule has 0 aromatic heterocycles. The summed E-state index contributed by atoms with van der Waals surface area (Å²) in [6.07, 6.45) is 1.07. The van der Waals surface area contributed by atoms with E-state index in [9.17, 15) is 13.2 Å². The maximum absolute atomic E-state index is 12.7. The van der Waals surface area contributed by atoms with Gasteiger partial charge in [-0.2, -0.15) is 0 Å². The molecule has 1 N–H and O–H groups in total. The maximum atomic E-state index is 12.7. The van der Waals surface area contributed by atoms with Crippen molar-refractivity contribution >= 4 is 33.2 Å². The Morgan fingerprint density at radius 1 is 1.19 bits per heavy atom. The van der Waals surface area contributed by atoms with Crippen LogP contribution in [-0.4, -0.2) is 39.8 Å². The summed E-state index contributed by atoms with van der Waals surface area (Å²) < 4.78 is 31.9. The number of nitrogens with one attached hydrogen (secondary N) is 1. The summed E-state index contributed by atoms with van der Waals surface area (Å²) in [6.45, 7) is 10.2. The molecule has 0 aliphatic heterocycles. The van der Waals surface area contributed by atoms with E-state index in [1.807, 2.05) is 24.3 Å². The molecule has 170 valence electrons. The first-order chi connectivity index (χ1) is 14.3. The third kappa shape index (κ3) is 6.61. The molecule has 0 unspecified atom stereocenters. The molecule has 0 saturated heterocycles. The second-order valence-corrected chi connectivity index (χ2v) is 10.8. The molecular formula is C23H31ClN2O4S. The van der Waals surface area contributed by atoms with Gasteiger partial charge in [0.1, 0.15) is 18.4 Å². The summed E-state index contributed by atoms with van der Waals surface area (Å²) in [7, 11) is -3.71.